The number of ether oxygens (including phenoxy) is 3. The van der Waals surface area contributed by atoms with Crippen molar-refractivity contribution in [3.05, 3.63) is 60.8 Å². The summed E-state index contributed by atoms with van der Waals surface area (Å²) in [7, 11) is 1.31. The number of rotatable bonds is 40. The quantitative estimate of drug-likeness (QED) is 0.0150. The van der Waals surface area contributed by atoms with Gasteiger partial charge in [-0.2, -0.15) is 0 Å². The molecule has 4 N–H and O–H groups in total. The molecule has 0 saturated carbocycles. The van der Waals surface area contributed by atoms with Crippen LogP contribution >= 0.6 is 7.82 Å². The molecule has 1 rings (SSSR count). The Hall–Kier alpha value is -2.45. The van der Waals surface area contributed by atoms with E-state index in [1.165, 1.54) is 32.1 Å². The first kappa shape index (κ1) is 60.6. The van der Waals surface area contributed by atoms with Gasteiger partial charge in [-0.3, -0.25) is 18.6 Å². The number of aliphatic hydroxyl groups excluding tert-OH is 3. The van der Waals surface area contributed by atoms with Gasteiger partial charge in [0.05, 0.1) is 46.1 Å². The molecule has 1 aliphatic heterocycles. The number of nitrogens with zero attached hydrogens (tertiary/aromatic N) is 1. The van der Waals surface area contributed by atoms with Crippen LogP contribution in [0.25, 0.3) is 0 Å². The number of aliphatic hydroxyl groups is 3. The lowest BCUT2D eigenvalue weighted by Gasteiger charge is -2.36. The third kappa shape index (κ3) is 36.3. The van der Waals surface area contributed by atoms with Gasteiger partial charge in [0, 0.05) is 25.2 Å². The zero-order chi connectivity index (χ0) is 48.0. The van der Waals surface area contributed by atoms with Crippen LogP contribution < -0.4 is 0 Å². The van der Waals surface area contributed by atoms with Gasteiger partial charge in [0.25, 0.3) is 0 Å². The van der Waals surface area contributed by atoms with Gasteiger partial charge in [-0.25, -0.2) is 4.57 Å². The molecule has 0 aliphatic carbocycles. The average molecular weight is 941 g/mol. The smallest absolute Gasteiger partial charge is 0.462 e. The first-order chi connectivity index (χ1) is 31.2. The first-order valence-electron chi connectivity index (χ1n) is 24.9. The molecule has 14 heteroatoms. The van der Waals surface area contributed by atoms with Crippen LogP contribution in [-0.2, 0) is 37.4 Å². The highest BCUT2D eigenvalue weighted by molar-refractivity contribution is 7.47. The van der Waals surface area contributed by atoms with Gasteiger partial charge in [0.1, 0.15) is 19.8 Å². The molecular formula is C51H91NO12P+. The van der Waals surface area contributed by atoms with E-state index in [2.05, 4.69) is 50.3 Å². The molecule has 65 heavy (non-hydrogen) atoms. The second-order valence-electron chi connectivity index (χ2n) is 18.4. The van der Waals surface area contributed by atoms with Crippen LogP contribution in [0, 0.1) is 5.92 Å². The molecular weight excluding hydrogens is 850 g/mol. The van der Waals surface area contributed by atoms with Gasteiger partial charge in [0.2, 0.25) is 0 Å². The van der Waals surface area contributed by atoms with E-state index >= 15 is 0 Å². The number of phosphoric ester groups is 1. The second kappa shape index (κ2) is 38.5. The van der Waals surface area contributed by atoms with E-state index in [0.29, 0.717) is 43.1 Å². The molecule has 1 aliphatic rings. The topological polar surface area (TPSA) is 178 Å². The highest BCUT2D eigenvalue weighted by atomic mass is 31.2. The minimum Gasteiger partial charge on any atom is -0.462 e. The summed E-state index contributed by atoms with van der Waals surface area (Å²) < 4.78 is 40.0. The van der Waals surface area contributed by atoms with Crippen LogP contribution in [0.5, 0.6) is 0 Å². The lowest BCUT2D eigenvalue weighted by Crippen LogP contribution is -2.43. The van der Waals surface area contributed by atoms with E-state index in [9.17, 15) is 34.4 Å². The van der Waals surface area contributed by atoms with E-state index in [1.54, 1.807) is 12.2 Å². The number of hydrogen-bond acceptors (Lipinski definition) is 11. The van der Waals surface area contributed by atoms with E-state index in [0.717, 1.165) is 70.6 Å². The minimum atomic E-state index is -4.46. The zero-order valence-corrected chi connectivity index (χ0v) is 41.9. The summed E-state index contributed by atoms with van der Waals surface area (Å²) in [6, 6.07) is 0. The predicted octanol–water partition coefficient (Wildman–Crippen LogP) is 10.5. The van der Waals surface area contributed by atoms with Crippen molar-refractivity contribution in [3.63, 3.8) is 0 Å². The molecule has 0 amide bonds. The van der Waals surface area contributed by atoms with Gasteiger partial charge in [-0.15, -0.1) is 0 Å². The summed E-state index contributed by atoms with van der Waals surface area (Å²) in [5.41, 5.74) is 0. The van der Waals surface area contributed by atoms with Crippen molar-refractivity contribution in [2.24, 2.45) is 5.92 Å². The standard InChI is InChI=1S/C51H90NO12P/c1-6-8-10-11-12-13-14-15-16-17-18-19-20-21-22-23-24-25-26-32-36-50(56)63-45(43-62-65(58,59)61-40-39-52(3,4)5)42-60-49(55)35-31-28-27-30-34-46-47(54)41-51(57)64-48(46)38-37-44(53)33-29-9-7-2/h13-14,16-17,19-20,27,30,37-38,44-48,51,53-54,57H,6-12,15,18,21-26,28-29,31-36,39-43H2,1-5H3/p+1/b14-13-,17-16-,20-19-,30-27-,38-37+/t44-,45+,46-,47-,48+,51?/m0/s1. The highest BCUT2D eigenvalue weighted by Crippen LogP contribution is 2.43. The van der Waals surface area contributed by atoms with Crippen LogP contribution in [0.15, 0.2) is 60.8 Å². The number of carbonyl (C=O) groups is 2. The Morgan fingerprint density at radius 3 is 1.95 bits per heavy atom. The Kier molecular flexibility index (Phi) is 35.9. The Labute approximate surface area is 393 Å². The van der Waals surface area contributed by atoms with Crippen molar-refractivity contribution in [2.75, 3.05) is 47.5 Å². The second-order valence-corrected chi connectivity index (χ2v) is 19.8. The van der Waals surface area contributed by atoms with Crippen molar-refractivity contribution < 1.29 is 62.1 Å². The number of phosphoric acid groups is 1. The summed E-state index contributed by atoms with van der Waals surface area (Å²) in [5.74, 6) is -1.32. The Bertz CT molecular complexity index is 1410. The summed E-state index contributed by atoms with van der Waals surface area (Å²) in [5, 5.41) is 31.0. The lowest BCUT2D eigenvalue weighted by molar-refractivity contribution is -0.870. The number of esters is 2. The molecule has 1 saturated heterocycles. The Morgan fingerprint density at radius 1 is 0.723 bits per heavy atom. The fraction of sp³-hybridized carbons (Fsp3) is 0.765. The summed E-state index contributed by atoms with van der Waals surface area (Å²) in [6.45, 7) is 3.97. The van der Waals surface area contributed by atoms with E-state index < -0.39 is 57.1 Å². The molecule has 376 valence electrons. The monoisotopic (exact) mass is 941 g/mol. The van der Waals surface area contributed by atoms with Crippen LogP contribution in [0.1, 0.15) is 168 Å². The SMILES string of the molecule is CCCCCC/C=C\C/C=C\C/C=C\CCCCCCCCC(=O)O[C@H](COC(=O)CCC/C=C\C[C@H]1[C@@H](O)CC(O)O[C@@H]1/C=C/[C@@H](O)CCCCC)COP(=O)(O)OCC[N+](C)(C)C. The van der Waals surface area contributed by atoms with E-state index in [4.69, 9.17) is 23.3 Å². The number of quaternary nitrogens is 1. The van der Waals surface area contributed by atoms with E-state index in [1.807, 2.05) is 33.3 Å². The lowest BCUT2D eigenvalue weighted by atomic mass is 9.87. The van der Waals surface area contributed by atoms with Crippen LogP contribution in [-0.4, -0.2) is 115 Å². The first-order valence-corrected chi connectivity index (χ1v) is 26.4. The maximum atomic E-state index is 12.8. The van der Waals surface area contributed by atoms with Gasteiger partial charge < -0.3 is 38.9 Å². The molecule has 0 bridgehead atoms. The predicted molar refractivity (Wildman–Crippen MR) is 260 cm³/mol. The van der Waals surface area contributed by atoms with E-state index in [-0.39, 0.29) is 38.4 Å². The highest BCUT2D eigenvalue weighted by Gasteiger charge is 2.35. The van der Waals surface area contributed by atoms with Crippen molar-refractivity contribution in [1.29, 1.82) is 0 Å². The molecule has 0 aromatic rings. The van der Waals surface area contributed by atoms with Crippen LogP contribution in [0.4, 0.5) is 0 Å². The summed E-state index contributed by atoms with van der Waals surface area (Å²) >= 11 is 0. The minimum absolute atomic E-state index is 0.0177. The largest absolute Gasteiger partial charge is 0.472 e. The van der Waals surface area contributed by atoms with Gasteiger partial charge in [-0.1, -0.05) is 139 Å². The van der Waals surface area contributed by atoms with Gasteiger partial charge in [0.15, 0.2) is 12.4 Å². The van der Waals surface area contributed by atoms with Crippen molar-refractivity contribution >= 4 is 19.8 Å². The maximum absolute atomic E-state index is 12.8. The number of likely N-dealkylation sites (N-methyl/N-ethyl adjacent to an activating group) is 1. The fourth-order valence-corrected chi connectivity index (χ4v) is 7.80. The molecule has 0 aromatic heterocycles. The van der Waals surface area contributed by atoms with Crippen LogP contribution in [0.2, 0.25) is 0 Å². The van der Waals surface area contributed by atoms with Crippen molar-refractivity contribution in [1.82, 2.24) is 0 Å². The number of hydrogen-bond donors (Lipinski definition) is 4. The number of unbranched alkanes of at least 4 members (excludes halogenated alkanes) is 13. The molecule has 2 unspecified atom stereocenters. The molecule has 13 nitrogen and oxygen atoms in total. The normalized spacial score (nSPS) is 20.4. The zero-order valence-electron chi connectivity index (χ0n) is 41.0. The molecule has 0 radical (unpaired) electrons. The maximum Gasteiger partial charge on any atom is 0.472 e. The average Bonchev–Trinajstić information content (AvgIpc) is 3.24. The third-order valence-electron chi connectivity index (χ3n) is 11.1. The Morgan fingerprint density at radius 2 is 1.29 bits per heavy atom. The summed E-state index contributed by atoms with van der Waals surface area (Å²) in [6.07, 6.45) is 37.4. The van der Waals surface area contributed by atoms with Gasteiger partial charge >= 0.3 is 19.8 Å². The summed E-state index contributed by atoms with van der Waals surface area (Å²) in [4.78, 5) is 35.7. The Balaban J connectivity index is 2.48. The van der Waals surface area contributed by atoms with Gasteiger partial charge in [-0.05, 0) is 70.6 Å². The fourth-order valence-electron chi connectivity index (χ4n) is 7.06. The molecule has 0 aromatic carbocycles. The number of carbonyl (C=O) groups excluding carboxylic acids is 2. The van der Waals surface area contributed by atoms with Crippen molar-refractivity contribution in [3.8, 4) is 0 Å². The molecule has 7 atom stereocenters. The molecule has 1 fully saturated rings. The molecule has 0 spiro atoms. The number of allylic oxidation sites excluding steroid dienone is 8. The van der Waals surface area contributed by atoms with Crippen LogP contribution in [0.3, 0.4) is 0 Å². The molecule has 1 heterocycles. The third-order valence-corrected chi connectivity index (χ3v) is 12.0. The van der Waals surface area contributed by atoms with Crippen molar-refractivity contribution in [2.45, 2.75) is 199 Å².